The van der Waals surface area contributed by atoms with Crippen molar-refractivity contribution in [2.45, 2.75) is 47.1 Å². The third kappa shape index (κ3) is 5.47. The number of nitrogens with one attached hydrogen (secondary N) is 1. The molecule has 140 valence electrons. The summed E-state index contributed by atoms with van der Waals surface area (Å²) in [5, 5.41) is 8.78. The lowest BCUT2D eigenvalue weighted by atomic mass is 10.1. The Balaban J connectivity index is 3.42. The van der Waals surface area contributed by atoms with Crippen LogP contribution in [0, 0.1) is 11.8 Å². The van der Waals surface area contributed by atoms with Crippen LogP contribution < -0.4 is 21.9 Å². The molecule has 0 aliphatic heterocycles. The molecule has 0 aromatic carbocycles. The second-order valence-corrected chi connectivity index (χ2v) is 6.79. The van der Waals surface area contributed by atoms with Gasteiger partial charge >= 0.3 is 11.7 Å². The van der Waals surface area contributed by atoms with Gasteiger partial charge in [0.2, 0.25) is 5.91 Å². The van der Waals surface area contributed by atoms with Gasteiger partial charge in [0.05, 0.1) is 6.42 Å². The number of nitrogens with two attached hydrogens (primary N) is 1. The molecule has 0 aliphatic carbocycles. The second-order valence-electron chi connectivity index (χ2n) is 6.79. The number of nitrogen functional groups attached to an aromatic ring is 1. The molecule has 1 aromatic heterocycles. The number of rotatable bonds is 8. The van der Waals surface area contributed by atoms with E-state index >= 15 is 0 Å². The van der Waals surface area contributed by atoms with Gasteiger partial charge in [-0.05, 0) is 11.8 Å². The molecule has 9 nitrogen and oxygen atoms in total. The molecule has 0 saturated heterocycles. The van der Waals surface area contributed by atoms with Crippen LogP contribution in [0.15, 0.2) is 9.59 Å². The van der Waals surface area contributed by atoms with E-state index in [1.165, 1.54) is 9.47 Å². The number of hydrogen-bond acceptors (Lipinski definition) is 5. The van der Waals surface area contributed by atoms with E-state index in [0.717, 1.165) is 0 Å². The number of anilines is 2. The minimum atomic E-state index is -1.11. The molecule has 1 rings (SSSR count). The maximum atomic E-state index is 12.5. The van der Waals surface area contributed by atoms with Gasteiger partial charge < -0.3 is 15.7 Å². The molecule has 9 heteroatoms. The Hall–Kier alpha value is -2.58. The second kappa shape index (κ2) is 8.50. The Bertz CT molecular complexity index is 748. The number of hydrogen-bond donors (Lipinski definition) is 3. The number of aromatic nitrogens is 2. The zero-order valence-corrected chi connectivity index (χ0v) is 15.0. The summed E-state index contributed by atoms with van der Waals surface area (Å²) in [5.74, 6) is -1.61. The van der Waals surface area contributed by atoms with Gasteiger partial charge in [-0.2, -0.15) is 0 Å². The molecule has 0 atom stereocenters. The summed E-state index contributed by atoms with van der Waals surface area (Å²) in [7, 11) is 0. The highest BCUT2D eigenvalue weighted by Gasteiger charge is 2.25. The van der Waals surface area contributed by atoms with E-state index in [2.05, 4.69) is 4.98 Å². The fourth-order valence-corrected chi connectivity index (χ4v) is 2.42. The minimum absolute atomic E-state index is 0.0121. The van der Waals surface area contributed by atoms with Gasteiger partial charge in [0.15, 0.2) is 5.69 Å². The van der Waals surface area contributed by atoms with Gasteiger partial charge in [-0.25, -0.2) is 4.79 Å². The van der Waals surface area contributed by atoms with E-state index < -0.39 is 23.1 Å². The molecule has 25 heavy (non-hydrogen) atoms. The number of carboxylic acids is 1. The molecule has 0 aliphatic rings. The lowest BCUT2D eigenvalue weighted by molar-refractivity contribution is -0.138. The lowest BCUT2D eigenvalue weighted by Gasteiger charge is -2.26. The minimum Gasteiger partial charge on any atom is -0.481 e. The van der Waals surface area contributed by atoms with Gasteiger partial charge in [-0.3, -0.25) is 23.9 Å². The number of amides is 1. The smallest absolute Gasteiger partial charge is 0.330 e. The quantitative estimate of drug-likeness (QED) is 0.626. The van der Waals surface area contributed by atoms with Crippen molar-refractivity contribution in [1.82, 2.24) is 9.55 Å². The van der Waals surface area contributed by atoms with Gasteiger partial charge in [0.25, 0.3) is 5.56 Å². The van der Waals surface area contributed by atoms with Gasteiger partial charge in [-0.15, -0.1) is 0 Å². The summed E-state index contributed by atoms with van der Waals surface area (Å²) in [6, 6.07) is 0. The lowest BCUT2D eigenvalue weighted by Crippen LogP contribution is -2.43. The Labute approximate surface area is 145 Å². The molecule has 4 N–H and O–H groups in total. The Morgan fingerprint density at radius 3 is 2.24 bits per heavy atom. The van der Waals surface area contributed by atoms with Crippen molar-refractivity contribution in [3.63, 3.8) is 0 Å². The van der Waals surface area contributed by atoms with Crippen molar-refractivity contribution in [2.75, 3.05) is 17.2 Å². The first-order chi connectivity index (χ1) is 11.5. The van der Waals surface area contributed by atoms with Crippen molar-refractivity contribution in [2.24, 2.45) is 11.8 Å². The summed E-state index contributed by atoms with van der Waals surface area (Å²) in [6.07, 6.45) is -0.610. The van der Waals surface area contributed by atoms with E-state index in [0.29, 0.717) is 0 Å². The summed E-state index contributed by atoms with van der Waals surface area (Å²) in [5.41, 5.74) is 4.54. The topological polar surface area (TPSA) is 138 Å². The van der Waals surface area contributed by atoms with Crippen LogP contribution >= 0.6 is 0 Å². The van der Waals surface area contributed by atoms with Crippen molar-refractivity contribution in [3.8, 4) is 0 Å². The molecule has 1 amide bonds. The standard InChI is InChI=1S/C16H26N4O5/c1-9(2)7-19(11(21)5-6-12(22)23)13-14(17)20(8-10(3)4)16(25)18-15(13)24/h9-10H,5-8,17H2,1-4H3,(H,22,23)(H,18,24,25). The van der Waals surface area contributed by atoms with E-state index in [-0.39, 0.29) is 49.3 Å². The molecular weight excluding hydrogens is 328 g/mol. The summed E-state index contributed by atoms with van der Waals surface area (Å²) >= 11 is 0. The average Bonchev–Trinajstić information content (AvgIpc) is 2.47. The molecule has 0 bridgehead atoms. The maximum absolute atomic E-state index is 12.5. The first kappa shape index (κ1) is 20.5. The number of nitrogens with zero attached hydrogens (tertiary/aromatic N) is 2. The van der Waals surface area contributed by atoms with Crippen LogP contribution in [0.1, 0.15) is 40.5 Å². The van der Waals surface area contributed by atoms with Crippen molar-refractivity contribution >= 4 is 23.4 Å². The van der Waals surface area contributed by atoms with Crippen molar-refractivity contribution in [3.05, 3.63) is 20.8 Å². The molecular formula is C16H26N4O5. The zero-order valence-electron chi connectivity index (χ0n) is 15.0. The van der Waals surface area contributed by atoms with Crippen LogP contribution in [0.4, 0.5) is 11.5 Å². The third-order valence-electron chi connectivity index (χ3n) is 3.43. The van der Waals surface area contributed by atoms with Crippen LogP contribution in [0.2, 0.25) is 0 Å². The van der Waals surface area contributed by atoms with Crippen molar-refractivity contribution in [1.29, 1.82) is 0 Å². The van der Waals surface area contributed by atoms with Crippen LogP contribution in [-0.4, -0.2) is 33.1 Å². The fraction of sp³-hybridized carbons (Fsp3) is 0.625. The average molecular weight is 354 g/mol. The Morgan fingerprint density at radius 1 is 1.16 bits per heavy atom. The predicted molar refractivity (Wildman–Crippen MR) is 94.6 cm³/mol. The molecule has 0 saturated carbocycles. The monoisotopic (exact) mass is 354 g/mol. The molecule has 0 unspecified atom stereocenters. The number of carboxylic acid groups (broad SMARTS) is 1. The highest BCUT2D eigenvalue weighted by molar-refractivity contribution is 5.96. The van der Waals surface area contributed by atoms with E-state index in [9.17, 15) is 19.2 Å². The van der Waals surface area contributed by atoms with E-state index in [1.54, 1.807) is 0 Å². The van der Waals surface area contributed by atoms with Crippen LogP contribution in [0.5, 0.6) is 0 Å². The van der Waals surface area contributed by atoms with Gasteiger partial charge in [0, 0.05) is 19.5 Å². The number of H-pyrrole nitrogens is 1. The number of carbonyl (C=O) groups excluding carboxylic acids is 1. The zero-order chi connectivity index (χ0) is 19.3. The Kier molecular flexibility index (Phi) is 6.96. The number of aromatic amines is 1. The molecule has 0 fully saturated rings. The van der Waals surface area contributed by atoms with Crippen LogP contribution in [-0.2, 0) is 16.1 Å². The summed E-state index contributed by atoms with van der Waals surface area (Å²) in [6.45, 7) is 7.96. The summed E-state index contributed by atoms with van der Waals surface area (Å²) < 4.78 is 1.22. The van der Waals surface area contributed by atoms with Crippen LogP contribution in [0.25, 0.3) is 0 Å². The first-order valence-corrected chi connectivity index (χ1v) is 8.19. The largest absolute Gasteiger partial charge is 0.481 e. The summed E-state index contributed by atoms with van der Waals surface area (Å²) in [4.78, 5) is 50.9. The first-order valence-electron chi connectivity index (χ1n) is 8.19. The molecule has 1 aromatic rings. The normalized spacial score (nSPS) is 11.1. The Morgan fingerprint density at radius 2 is 1.76 bits per heavy atom. The molecule has 0 spiro atoms. The molecule has 1 heterocycles. The third-order valence-corrected chi connectivity index (χ3v) is 3.43. The molecule has 0 radical (unpaired) electrons. The SMILES string of the molecule is CC(C)CN(C(=O)CCC(=O)O)c1c(N)n(CC(C)C)c(=O)[nH]c1=O. The fourth-order valence-electron chi connectivity index (χ4n) is 2.42. The van der Waals surface area contributed by atoms with E-state index in [4.69, 9.17) is 10.8 Å². The number of aliphatic carboxylic acids is 1. The van der Waals surface area contributed by atoms with Crippen molar-refractivity contribution < 1.29 is 14.7 Å². The van der Waals surface area contributed by atoms with Crippen LogP contribution in [0.3, 0.4) is 0 Å². The highest BCUT2D eigenvalue weighted by atomic mass is 16.4. The highest BCUT2D eigenvalue weighted by Crippen LogP contribution is 2.20. The maximum Gasteiger partial charge on any atom is 0.330 e. The van der Waals surface area contributed by atoms with E-state index in [1.807, 2.05) is 27.7 Å². The van der Waals surface area contributed by atoms with Gasteiger partial charge in [-0.1, -0.05) is 27.7 Å². The van der Waals surface area contributed by atoms with Gasteiger partial charge in [0.1, 0.15) is 5.82 Å². The number of carbonyl (C=O) groups is 2. The predicted octanol–water partition coefficient (Wildman–Crippen LogP) is 0.629.